The lowest BCUT2D eigenvalue weighted by Crippen LogP contribution is -2.20. The predicted molar refractivity (Wildman–Crippen MR) is 85.6 cm³/mol. The fraction of sp³-hybridized carbons (Fsp3) is 0.333. The van der Waals surface area contributed by atoms with Gasteiger partial charge in [0, 0.05) is 17.2 Å². The first-order valence-corrected chi connectivity index (χ1v) is 7.49. The minimum Gasteiger partial charge on any atom is -0.457 e. The number of aliphatic hydroxyl groups excluding tert-OH is 1. The number of benzene rings is 2. The molecule has 2 aromatic carbocycles. The number of nitrogens with one attached hydrogen (secondary N) is 1. The second-order valence-corrected chi connectivity index (χ2v) is 4.92. The van der Waals surface area contributed by atoms with Gasteiger partial charge in [-0.1, -0.05) is 50.2 Å². The quantitative estimate of drug-likeness (QED) is 0.807. The number of para-hydroxylation sites is 2. The molecule has 0 heterocycles. The normalized spacial score (nSPS) is 12.1. The van der Waals surface area contributed by atoms with Crippen LogP contribution >= 0.6 is 0 Å². The van der Waals surface area contributed by atoms with Crippen LogP contribution in [0.4, 0.5) is 0 Å². The standard InChI is InChI=1S/C18H23NO2/c1-3-16(19-4-2)15-10-6-8-12-18(15)21-17-11-7-5-9-14(17)13-20/h5-12,16,19-20H,3-4,13H2,1-2H3. The Morgan fingerprint density at radius 3 is 2.33 bits per heavy atom. The molecule has 0 spiro atoms. The second-order valence-electron chi connectivity index (χ2n) is 4.92. The van der Waals surface area contributed by atoms with Gasteiger partial charge in [-0.25, -0.2) is 0 Å². The summed E-state index contributed by atoms with van der Waals surface area (Å²) in [6, 6.07) is 15.9. The predicted octanol–water partition coefficient (Wildman–Crippen LogP) is 4.03. The SMILES string of the molecule is CCNC(CC)c1ccccc1Oc1ccccc1CO. The number of aliphatic hydroxyl groups is 1. The van der Waals surface area contributed by atoms with Crippen molar-refractivity contribution in [3.05, 3.63) is 59.7 Å². The van der Waals surface area contributed by atoms with E-state index in [-0.39, 0.29) is 12.6 Å². The third-order valence-electron chi connectivity index (χ3n) is 3.52. The molecule has 2 N–H and O–H groups in total. The van der Waals surface area contributed by atoms with Gasteiger partial charge >= 0.3 is 0 Å². The van der Waals surface area contributed by atoms with Crippen LogP contribution in [0.15, 0.2) is 48.5 Å². The molecule has 0 radical (unpaired) electrons. The summed E-state index contributed by atoms with van der Waals surface area (Å²) >= 11 is 0. The van der Waals surface area contributed by atoms with E-state index in [0.717, 1.165) is 29.8 Å². The van der Waals surface area contributed by atoms with Crippen molar-refractivity contribution in [2.75, 3.05) is 6.54 Å². The van der Waals surface area contributed by atoms with Gasteiger partial charge in [-0.3, -0.25) is 0 Å². The Morgan fingerprint density at radius 1 is 1.00 bits per heavy atom. The lowest BCUT2D eigenvalue weighted by Gasteiger charge is -2.20. The summed E-state index contributed by atoms with van der Waals surface area (Å²) in [6.45, 7) is 5.15. The van der Waals surface area contributed by atoms with Gasteiger partial charge in [-0.15, -0.1) is 0 Å². The Hall–Kier alpha value is -1.84. The maximum atomic E-state index is 9.41. The fourth-order valence-electron chi connectivity index (χ4n) is 2.43. The van der Waals surface area contributed by atoms with E-state index in [2.05, 4.69) is 25.2 Å². The molecular weight excluding hydrogens is 262 g/mol. The van der Waals surface area contributed by atoms with Crippen LogP contribution in [-0.2, 0) is 6.61 Å². The Morgan fingerprint density at radius 2 is 1.67 bits per heavy atom. The van der Waals surface area contributed by atoms with Gasteiger partial charge < -0.3 is 15.2 Å². The zero-order valence-electron chi connectivity index (χ0n) is 12.7. The van der Waals surface area contributed by atoms with Crippen molar-refractivity contribution in [3.8, 4) is 11.5 Å². The van der Waals surface area contributed by atoms with Crippen molar-refractivity contribution in [3.63, 3.8) is 0 Å². The molecule has 1 atom stereocenters. The number of hydrogen-bond acceptors (Lipinski definition) is 3. The molecule has 0 aliphatic rings. The Balaban J connectivity index is 2.32. The van der Waals surface area contributed by atoms with Crippen LogP contribution < -0.4 is 10.1 Å². The van der Waals surface area contributed by atoms with Crippen LogP contribution in [0.3, 0.4) is 0 Å². The van der Waals surface area contributed by atoms with Crippen molar-refractivity contribution >= 4 is 0 Å². The van der Waals surface area contributed by atoms with E-state index in [9.17, 15) is 5.11 Å². The summed E-state index contributed by atoms with van der Waals surface area (Å²) in [4.78, 5) is 0. The van der Waals surface area contributed by atoms with E-state index < -0.39 is 0 Å². The highest BCUT2D eigenvalue weighted by molar-refractivity contribution is 5.42. The van der Waals surface area contributed by atoms with Crippen molar-refractivity contribution in [1.82, 2.24) is 5.32 Å². The maximum Gasteiger partial charge on any atom is 0.132 e. The van der Waals surface area contributed by atoms with Crippen molar-refractivity contribution < 1.29 is 9.84 Å². The number of ether oxygens (including phenoxy) is 1. The summed E-state index contributed by atoms with van der Waals surface area (Å²) in [6.07, 6.45) is 0.996. The average molecular weight is 285 g/mol. The van der Waals surface area contributed by atoms with Crippen molar-refractivity contribution in [2.24, 2.45) is 0 Å². The van der Waals surface area contributed by atoms with Gasteiger partial charge in [0.05, 0.1) is 6.61 Å². The maximum absolute atomic E-state index is 9.41. The molecule has 3 nitrogen and oxygen atoms in total. The zero-order valence-corrected chi connectivity index (χ0v) is 12.7. The van der Waals surface area contributed by atoms with Gasteiger partial charge in [0.15, 0.2) is 0 Å². The molecule has 2 aromatic rings. The fourth-order valence-corrected chi connectivity index (χ4v) is 2.43. The molecule has 0 aliphatic carbocycles. The lowest BCUT2D eigenvalue weighted by atomic mass is 10.0. The largest absolute Gasteiger partial charge is 0.457 e. The number of rotatable bonds is 7. The topological polar surface area (TPSA) is 41.5 Å². The highest BCUT2D eigenvalue weighted by Gasteiger charge is 2.14. The van der Waals surface area contributed by atoms with Crippen LogP contribution in [0.25, 0.3) is 0 Å². The van der Waals surface area contributed by atoms with Crippen LogP contribution in [0.5, 0.6) is 11.5 Å². The third kappa shape index (κ3) is 3.84. The first kappa shape index (κ1) is 15.5. The average Bonchev–Trinajstić information content (AvgIpc) is 2.54. The van der Waals surface area contributed by atoms with E-state index in [0.29, 0.717) is 5.75 Å². The van der Waals surface area contributed by atoms with Gasteiger partial charge in [0.1, 0.15) is 11.5 Å². The van der Waals surface area contributed by atoms with Gasteiger partial charge in [-0.05, 0) is 25.1 Å². The highest BCUT2D eigenvalue weighted by Crippen LogP contribution is 2.32. The van der Waals surface area contributed by atoms with Crippen LogP contribution in [0.1, 0.15) is 37.4 Å². The molecule has 112 valence electrons. The molecule has 2 rings (SSSR count). The first-order chi connectivity index (χ1) is 10.3. The van der Waals surface area contributed by atoms with Crippen LogP contribution in [0.2, 0.25) is 0 Å². The Bertz CT molecular complexity index is 569. The van der Waals surface area contributed by atoms with E-state index in [4.69, 9.17) is 4.74 Å². The van der Waals surface area contributed by atoms with Gasteiger partial charge in [-0.2, -0.15) is 0 Å². The minimum atomic E-state index is -0.0250. The molecule has 0 saturated heterocycles. The summed E-state index contributed by atoms with van der Waals surface area (Å²) in [5.41, 5.74) is 1.94. The first-order valence-electron chi connectivity index (χ1n) is 7.49. The zero-order chi connectivity index (χ0) is 15.1. The van der Waals surface area contributed by atoms with Crippen molar-refractivity contribution in [1.29, 1.82) is 0 Å². The van der Waals surface area contributed by atoms with E-state index in [1.54, 1.807) is 0 Å². The lowest BCUT2D eigenvalue weighted by molar-refractivity contribution is 0.276. The second kappa shape index (κ2) is 7.81. The molecule has 0 aromatic heterocycles. The summed E-state index contributed by atoms with van der Waals surface area (Å²) in [5.74, 6) is 1.55. The Kier molecular flexibility index (Phi) is 5.78. The molecule has 3 heteroatoms. The van der Waals surface area contributed by atoms with Gasteiger partial charge in [0.25, 0.3) is 0 Å². The Labute approximate surface area is 126 Å². The summed E-state index contributed by atoms with van der Waals surface area (Å²) in [5, 5.41) is 12.9. The molecule has 0 bridgehead atoms. The third-order valence-corrected chi connectivity index (χ3v) is 3.52. The molecule has 0 amide bonds. The molecule has 0 fully saturated rings. The smallest absolute Gasteiger partial charge is 0.132 e. The van der Waals surface area contributed by atoms with Crippen LogP contribution in [-0.4, -0.2) is 11.7 Å². The molecule has 0 aliphatic heterocycles. The minimum absolute atomic E-state index is 0.0250. The van der Waals surface area contributed by atoms with E-state index in [1.807, 2.05) is 42.5 Å². The molecule has 0 saturated carbocycles. The van der Waals surface area contributed by atoms with E-state index >= 15 is 0 Å². The molecule has 1 unspecified atom stereocenters. The van der Waals surface area contributed by atoms with Crippen molar-refractivity contribution in [2.45, 2.75) is 32.9 Å². The molecular formula is C18H23NO2. The molecule has 21 heavy (non-hydrogen) atoms. The summed E-state index contributed by atoms with van der Waals surface area (Å²) < 4.78 is 6.06. The van der Waals surface area contributed by atoms with E-state index in [1.165, 1.54) is 0 Å². The number of hydrogen-bond donors (Lipinski definition) is 2. The highest BCUT2D eigenvalue weighted by atomic mass is 16.5. The van der Waals surface area contributed by atoms with Gasteiger partial charge in [0.2, 0.25) is 0 Å². The summed E-state index contributed by atoms with van der Waals surface area (Å²) in [7, 11) is 0. The monoisotopic (exact) mass is 285 g/mol. The van der Waals surface area contributed by atoms with Crippen LogP contribution in [0, 0.1) is 0 Å².